The van der Waals surface area contributed by atoms with Crippen LogP contribution < -0.4 is 0 Å². The van der Waals surface area contributed by atoms with Gasteiger partial charge in [-0.15, -0.1) is 0 Å². The summed E-state index contributed by atoms with van der Waals surface area (Å²) in [4.78, 5) is 9.37. The largest absolute Gasteiger partial charge is 0.481 e. The van der Waals surface area contributed by atoms with Gasteiger partial charge in [0.1, 0.15) is 13.2 Å². The van der Waals surface area contributed by atoms with E-state index in [-0.39, 0.29) is 19.6 Å². The molecule has 0 amide bonds. The third-order valence-corrected chi connectivity index (χ3v) is 0.586. The third-order valence-electron chi connectivity index (χ3n) is 0.586. The van der Waals surface area contributed by atoms with E-state index in [1.165, 1.54) is 0 Å². The number of aliphatic hydroxyl groups is 2. The van der Waals surface area contributed by atoms with E-state index in [2.05, 4.69) is 11.8 Å². The van der Waals surface area contributed by atoms with Crippen LogP contribution in [-0.4, -0.2) is 53.7 Å². The van der Waals surface area contributed by atoms with Crippen molar-refractivity contribution in [1.82, 2.24) is 0 Å². The highest BCUT2D eigenvalue weighted by Crippen LogP contribution is 1.67. The van der Waals surface area contributed by atoms with E-state index < -0.39 is 16.1 Å². The second-order valence-corrected chi connectivity index (χ2v) is 3.62. The van der Waals surface area contributed by atoms with E-state index in [1.54, 1.807) is 6.92 Å². The molecule has 0 aromatic carbocycles. The summed E-state index contributed by atoms with van der Waals surface area (Å²) in [6.07, 6.45) is 0.937. The molecule has 0 unspecified atom stereocenters. The second-order valence-electron chi connectivity index (χ2n) is 2.15. The molecule has 0 rings (SSSR count). The molecule has 0 aliphatic rings. The molecule has 0 atom stereocenters. The molecule has 0 saturated heterocycles. The average Bonchev–Trinajstić information content (AvgIpc) is 2.13. The highest BCUT2D eigenvalue weighted by atomic mass is 32.2. The van der Waals surface area contributed by atoms with E-state index in [1.807, 2.05) is 0 Å². The van der Waals surface area contributed by atoms with E-state index in [0.717, 1.165) is 0 Å². The molecule has 0 bridgehead atoms. The standard InChI is InChI=1S/C4H6O2.C3H6O2.CH4O3S/c5-3-1-2-4-6;1-2-3(4)5;1-5(2,3)4/h5-6H,3-4H2;2H2,1H3,(H,4,5);1H3,(H,2,3,4). The molecule has 0 saturated carbocycles. The third kappa shape index (κ3) is 121. The number of hydrogen-bond donors (Lipinski definition) is 4. The smallest absolute Gasteiger partial charge is 0.303 e. The lowest BCUT2D eigenvalue weighted by Crippen LogP contribution is -1.88. The van der Waals surface area contributed by atoms with Crippen LogP contribution in [0.2, 0.25) is 0 Å². The Morgan fingerprint density at radius 3 is 1.44 bits per heavy atom. The first kappa shape index (κ1) is 20.3. The lowest BCUT2D eigenvalue weighted by atomic mass is 10.5. The van der Waals surface area contributed by atoms with Crippen molar-refractivity contribution >= 4 is 16.1 Å². The maximum atomic E-state index is 9.37. The van der Waals surface area contributed by atoms with Crippen LogP contribution >= 0.6 is 0 Å². The summed E-state index contributed by atoms with van der Waals surface area (Å²) in [6.45, 7) is 1.27. The quantitative estimate of drug-likeness (QED) is 0.348. The SMILES string of the molecule is CCC(=O)O.CS(=O)(=O)O.OCC#CCO. The number of carbonyl (C=O) groups is 1. The predicted molar refractivity (Wildman–Crippen MR) is 57.3 cm³/mol. The van der Waals surface area contributed by atoms with Gasteiger partial charge in [0.05, 0.1) is 6.26 Å². The molecule has 0 aliphatic heterocycles. The van der Waals surface area contributed by atoms with E-state index in [0.29, 0.717) is 6.26 Å². The van der Waals surface area contributed by atoms with Gasteiger partial charge >= 0.3 is 5.97 Å². The minimum absolute atomic E-state index is 0.166. The highest BCUT2D eigenvalue weighted by Gasteiger charge is 1.81. The maximum Gasteiger partial charge on any atom is 0.303 e. The first-order valence-electron chi connectivity index (χ1n) is 4.00. The molecule has 0 radical (unpaired) electrons. The molecule has 0 aromatic rings. The summed E-state index contributed by atoms with van der Waals surface area (Å²) in [5.74, 6) is 3.76. The van der Waals surface area contributed by atoms with Crippen molar-refractivity contribution in [3.8, 4) is 11.8 Å². The maximum absolute atomic E-state index is 9.37. The van der Waals surface area contributed by atoms with Crippen LogP contribution in [0.25, 0.3) is 0 Å². The molecule has 8 heteroatoms. The molecule has 4 N–H and O–H groups in total. The second kappa shape index (κ2) is 13.9. The Labute approximate surface area is 94.5 Å². The van der Waals surface area contributed by atoms with Crippen LogP contribution in [0.4, 0.5) is 0 Å². The van der Waals surface area contributed by atoms with Crippen LogP contribution in [0.15, 0.2) is 0 Å². The molecule has 0 fully saturated rings. The van der Waals surface area contributed by atoms with Crippen molar-refractivity contribution in [2.75, 3.05) is 19.5 Å². The lowest BCUT2D eigenvalue weighted by molar-refractivity contribution is -0.136. The van der Waals surface area contributed by atoms with Gasteiger partial charge in [-0.25, -0.2) is 0 Å². The Morgan fingerprint density at radius 2 is 1.38 bits per heavy atom. The molecule has 16 heavy (non-hydrogen) atoms. The summed E-state index contributed by atoms with van der Waals surface area (Å²) in [5.41, 5.74) is 0. The first-order chi connectivity index (χ1) is 7.18. The lowest BCUT2D eigenvalue weighted by Gasteiger charge is -1.71. The minimum atomic E-state index is -3.67. The molecule has 0 aliphatic carbocycles. The Hall–Kier alpha value is -1.14. The molecule has 0 heterocycles. The summed E-state index contributed by atoms with van der Waals surface area (Å²) in [5, 5.41) is 23.5. The number of rotatable bonds is 1. The van der Waals surface area contributed by atoms with Crippen LogP contribution in [0, 0.1) is 11.8 Å². The van der Waals surface area contributed by atoms with E-state index in [4.69, 9.17) is 19.9 Å². The van der Waals surface area contributed by atoms with Gasteiger partial charge < -0.3 is 15.3 Å². The first-order valence-corrected chi connectivity index (χ1v) is 5.85. The van der Waals surface area contributed by atoms with Crippen molar-refractivity contribution in [3.63, 3.8) is 0 Å². The highest BCUT2D eigenvalue weighted by molar-refractivity contribution is 7.85. The van der Waals surface area contributed by atoms with Gasteiger partial charge in [0.2, 0.25) is 0 Å². The number of hydrogen-bond acceptors (Lipinski definition) is 5. The summed E-state index contributed by atoms with van der Waals surface area (Å²) < 4.78 is 25.9. The van der Waals surface area contributed by atoms with Gasteiger partial charge in [-0.05, 0) is 0 Å². The van der Waals surface area contributed by atoms with Crippen molar-refractivity contribution < 1.29 is 33.1 Å². The summed E-state index contributed by atoms with van der Waals surface area (Å²) >= 11 is 0. The summed E-state index contributed by atoms with van der Waals surface area (Å²) in [7, 11) is -3.67. The van der Waals surface area contributed by atoms with Gasteiger partial charge in [0.25, 0.3) is 10.1 Å². The van der Waals surface area contributed by atoms with Crippen LogP contribution in [0.3, 0.4) is 0 Å². The van der Waals surface area contributed by atoms with Gasteiger partial charge in [-0.3, -0.25) is 9.35 Å². The van der Waals surface area contributed by atoms with Gasteiger partial charge in [-0.2, -0.15) is 8.42 Å². The van der Waals surface area contributed by atoms with Crippen molar-refractivity contribution in [1.29, 1.82) is 0 Å². The van der Waals surface area contributed by atoms with Gasteiger partial charge in [0, 0.05) is 6.42 Å². The zero-order valence-electron chi connectivity index (χ0n) is 9.04. The summed E-state index contributed by atoms with van der Waals surface area (Å²) in [6, 6.07) is 0. The molecule has 0 spiro atoms. The number of carboxylic acid groups (broad SMARTS) is 1. The van der Waals surface area contributed by atoms with Crippen molar-refractivity contribution in [2.24, 2.45) is 0 Å². The zero-order chi connectivity index (χ0) is 13.6. The molecular weight excluding hydrogens is 240 g/mol. The fourth-order valence-corrected chi connectivity index (χ4v) is 0.112. The van der Waals surface area contributed by atoms with Crippen molar-refractivity contribution in [3.05, 3.63) is 0 Å². The van der Waals surface area contributed by atoms with Gasteiger partial charge in [-0.1, -0.05) is 18.8 Å². The van der Waals surface area contributed by atoms with Gasteiger partial charge in [0.15, 0.2) is 0 Å². The van der Waals surface area contributed by atoms with E-state index >= 15 is 0 Å². The number of carboxylic acids is 1. The monoisotopic (exact) mass is 256 g/mol. The zero-order valence-corrected chi connectivity index (χ0v) is 9.86. The number of aliphatic carboxylic acids is 1. The Kier molecular flexibility index (Phi) is 17.6. The van der Waals surface area contributed by atoms with Crippen LogP contribution in [0.5, 0.6) is 0 Å². The van der Waals surface area contributed by atoms with Crippen LogP contribution in [-0.2, 0) is 14.9 Å². The Balaban J connectivity index is -0.000000160. The van der Waals surface area contributed by atoms with Crippen LogP contribution in [0.1, 0.15) is 13.3 Å². The topological polar surface area (TPSA) is 132 Å². The Morgan fingerprint density at radius 1 is 1.19 bits per heavy atom. The molecule has 0 aromatic heterocycles. The normalized spacial score (nSPS) is 8.31. The Bertz CT molecular complexity index is 293. The fraction of sp³-hybridized carbons (Fsp3) is 0.625. The average molecular weight is 256 g/mol. The molecule has 7 nitrogen and oxygen atoms in total. The number of aliphatic hydroxyl groups excluding tert-OH is 2. The minimum Gasteiger partial charge on any atom is -0.481 e. The molecule has 96 valence electrons. The molecular formula is C8H16O7S. The van der Waals surface area contributed by atoms with Crippen molar-refractivity contribution in [2.45, 2.75) is 13.3 Å². The van der Waals surface area contributed by atoms with E-state index in [9.17, 15) is 13.2 Å². The predicted octanol–water partition coefficient (Wildman–Crippen LogP) is -1.04. The fourth-order valence-electron chi connectivity index (χ4n) is 0.112.